The summed E-state index contributed by atoms with van der Waals surface area (Å²) >= 11 is 0. The summed E-state index contributed by atoms with van der Waals surface area (Å²) in [7, 11) is 1.58. The number of benzene rings is 1. The van der Waals surface area contributed by atoms with Gasteiger partial charge < -0.3 is 26.5 Å². The molecule has 3 aliphatic heterocycles. The van der Waals surface area contributed by atoms with Crippen molar-refractivity contribution in [2.75, 3.05) is 32.1 Å². The number of nitrogens with zero attached hydrogens (tertiary/aromatic N) is 1. The van der Waals surface area contributed by atoms with Crippen molar-refractivity contribution in [3.63, 3.8) is 0 Å². The van der Waals surface area contributed by atoms with Crippen molar-refractivity contribution in [1.82, 2.24) is 15.8 Å². The minimum atomic E-state index is -1.03. The minimum absolute atomic E-state index is 0.0586. The largest absolute Gasteiger partial charge is 0.384 e. The topological polar surface area (TPSA) is 109 Å². The van der Waals surface area contributed by atoms with Gasteiger partial charge in [-0.1, -0.05) is 12.1 Å². The molecular formula is C20H25N5O3. The summed E-state index contributed by atoms with van der Waals surface area (Å²) in [6, 6.07) is 6.16. The number of fused-ring (bicyclic) bond motifs is 2. The molecule has 8 heteroatoms. The van der Waals surface area contributed by atoms with Crippen LogP contribution in [0.4, 0.5) is 5.69 Å². The van der Waals surface area contributed by atoms with Gasteiger partial charge in [-0.3, -0.25) is 9.59 Å². The maximum Gasteiger partial charge on any atom is 0.268 e. The van der Waals surface area contributed by atoms with Crippen LogP contribution < -0.4 is 21.8 Å². The van der Waals surface area contributed by atoms with Gasteiger partial charge >= 0.3 is 0 Å². The van der Waals surface area contributed by atoms with E-state index in [1.165, 1.54) is 5.56 Å². The second kappa shape index (κ2) is 6.22. The third kappa shape index (κ3) is 2.37. The second-order valence-electron chi connectivity index (χ2n) is 8.04. The van der Waals surface area contributed by atoms with Crippen LogP contribution in [0.1, 0.15) is 11.1 Å². The lowest BCUT2D eigenvalue weighted by Gasteiger charge is -2.36. The number of anilines is 1. The van der Waals surface area contributed by atoms with Gasteiger partial charge in [0.05, 0.1) is 13.2 Å². The van der Waals surface area contributed by atoms with Crippen LogP contribution in [0.15, 0.2) is 30.0 Å². The molecular weight excluding hydrogens is 358 g/mol. The Balaban J connectivity index is 1.53. The van der Waals surface area contributed by atoms with Crippen molar-refractivity contribution < 1.29 is 14.3 Å². The Morgan fingerprint density at radius 3 is 2.86 bits per heavy atom. The fourth-order valence-corrected chi connectivity index (χ4v) is 5.26. The predicted molar refractivity (Wildman–Crippen MR) is 103 cm³/mol. The SMILES string of the molecule is CNC(=O)C1=CC(C(N)=O)(C2[C@H]3COC[C@@H]23)N(Cc2cccc3c2CCN3)N1. The number of primary amides is 1. The van der Waals surface area contributed by atoms with Crippen LogP contribution in [0, 0.1) is 17.8 Å². The van der Waals surface area contributed by atoms with Crippen molar-refractivity contribution in [3.8, 4) is 0 Å². The average molecular weight is 383 g/mol. The zero-order chi connectivity index (χ0) is 19.5. The number of rotatable bonds is 5. The molecule has 0 spiro atoms. The maximum absolute atomic E-state index is 12.8. The van der Waals surface area contributed by atoms with Crippen molar-refractivity contribution in [2.45, 2.75) is 18.5 Å². The van der Waals surface area contributed by atoms with Gasteiger partial charge in [0.15, 0.2) is 0 Å². The molecule has 2 amide bonds. The summed E-state index contributed by atoms with van der Waals surface area (Å²) < 4.78 is 5.53. The first-order chi connectivity index (χ1) is 13.6. The summed E-state index contributed by atoms with van der Waals surface area (Å²) in [4.78, 5) is 25.2. The van der Waals surface area contributed by atoms with Gasteiger partial charge in [-0.15, -0.1) is 0 Å². The molecule has 1 aromatic rings. The van der Waals surface area contributed by atoms with Crippen LogP contribution in [0.3, 0.4) is 0 Å². The van der Waals surface area contributed by atoms with Crippen molar-refractivity contribution >= 4 is 17.5 Å². The Morgan fingerprint density at radius 2 is 2.14 bits per heavy atom. The Labute approximate surface area is 163 Å². The fraction of sp³-hybridized carbons (Fsp3) is 0.500. The number of carbonyl (C=O) groups excluding carboxylic acids is 2. The lowest BCUT2D eigenvalue weighted by atomic mass is 9.88. The number of hydrogen-bond acceptors (Lipinski definition) is 6. The fourth-order valence-electron chi connectivity index (χ4n) is 5.26. The Hall–Kier alpha value is -2.58. The lowest BCUT2D eigenvalue weighted by Crippen LogP contribution is -2.59. The van der Waals surface area contributed by atoms with Gasteiger partial charge in [-0.2, -0.15) is 5.01 Å². The first kappa shape index (κ1) is 17.5. The molecule has 4 aliphatic rings. The molecule has 2 unspecified atom stereocenters. The third-order valence-corrected chi connectivity index (χ3v) is 6.69. The van der Waals surface area contributed by atoms with E-state index in [1.807, 2.05) is 11.1 Å². The first-order valence-corrected chi connectivity index (χ1v) is 9.77. The number of hydrogen-bond donors (Lipinski definition) is 4. The van der Waals surface area contributed by atoms with E-state index in [0.717, 1.165) is 24.2 Å². The van der Waals surface area contributed by atoms with Crippen LogP contribution in [0.5, 0.6) is 0 Å². The van der Waals surface area contributed by atoms with Gasteiger partial charge in [-0.25, -0.2) is 0 Å². The third-order valence-electron chi connectivity index (χ3n) is 6.69. The molecule has 1 saturated heterocycles. The minimum Gasteiger partial charge on any atom is -0.384 e. The Kier molecular flexibility index (Phi) is 3.89. The van der Waals surface area contributed by atoms with Gasteiger partial charge in [0.25, 0.3) is 5.91 Å². The van der Waals surface area contributed by atoms with Crippen molar-refractivity contribution in [3.05, 3.63) is 41.1 Å². The summed E-state index contributed by atoms with van der Waals surface area (Å²) in [5.74, 6) is -0.0112. The molecule has 1 aromatic carbocycles. The summed E-state index contributed by atoms with van der Waals surface area (Å²) in [6.07, 6.45) is 2.68. The molecule has 0 bridgehead atoms. The number of nitrogens with one attached hydrogen (secondary N) is 3. The van der Waals surface area contributed by atoms with E-state index >= 15 is 0 Å². The van der Waals surface area contributed by atoms with E-state index in [2.05, 4.69) is 28.2 Å². The summed E-state index contributed by atoms with van der Waals surface area (Å²) in [6.45, 7) is 2.69. The van der Waals surface area contributed by atoms with Gasteiger partial charge in [0.1, 0.15) is 11.2 Å². The van der Waals surface area contributed by atoms with Crippen LogP contribution in [-0.4, -0.2) is 49.2 Å². The highest BCUT2D eigenvalue weighted by atomic mass is 16.5. The Morgan fingerprint density at radius 1 is 1.36 bits per heavy atom. The monoisotopic (exact) mass is 383 g/mol. The highest BCUT2D eigenvalue weighted by Gasteiger charge is 2.68. The molecule has 1 saturated carbocycles. The van der Waals surface area contributed by atoms with Gasteiger partial charge in [0, 0.05) is 31.7 Å². The number of ether oxygens (including phenoxy) is 1. The molecule has 1 aliphatic carbocycles. The molecule has 5 rings (SSSR count). The van der Waals surface area contributed by atoms with E-state index in [-0.39, 0.29) is 11.8 Å². The van der Waals surface area contributed by atoms with E-state index in [0.29, 0.717) is 37.3 Å². The van der Waals surface area contributed by atoms with Crippen LogP contribution in [-0.2, 0) is 27.3 Å². The summed E-state index contributed by atoms with van der Waals surface area (Å²) in [5, 5.41) is 7.90. The molecule has 2 fully saturated rings. The number of hydrazine groups is 1. The number of likely N-dealkylation sites (N-methyl/N-ethyl adjacent to an activating group) is 1. The van der Waals surface area contributed by atoms with E-state index in [4.69, 9.17) is 10.5 Å². The van der Waals surface area contributed by atoms with Crippen LogP contribution in [0.2, 0.25) is 0 Å². The smallest absolute Gasteiger partial charge is 0.268 e. The maximum atomic E-state index is 12.8. The van der Waals surface area contributed by atoms with E-state index in [9.17, 15) is 9.59 Å². The number of carbonyl (C=O) groups is 2. The van der Waals surface area contributed by atoms with Crippen molar-refractivity contribution in [1.29, 1.82) is 0 Å². The highest BCUT2D eigenvalue weighted by molar-refractivity contribution is 5.97. The van der Waals surface area contributed by atoms with Crippen molar-refractivity contribution in [2.24, 2.45) is 23.5 Å². The van der Waals surface area contributed by atoms with E-state index < -0.39 is 11.4 Å². The molecule has 148 valence electrons. The second-order valence-corrected chi connectivity index (χ2v) is 8.04. The molecule has 5 N–H and O–H groups in total. The Bertz CT molecular complexity index is 875. The van der Waals surface area contributed by atoms with E-state index in [1.54, 1.807) is 13.1 Å². The number of nitrogens with two attached hydrogens (primary N) is 1. The van der Waals surface area contributed by atoms with Crippen LogP contribution in [0.25, 0.3) is 0 Å². The average Bonchev–Trinajstić information content (AvgIpc) is 3.16. The molecule has 28 heavy (non-hydrogen) atoms. The van der Waals surface area contributed by atoms with Crippen LogP contribution >= 0.6 is 0 Å². The predicted octanol–water partition coefficient (Wildman–Crippen LogP) is -0.279. The molecule has 0 aromatic heterocycles. The van der Waals surface area contributed by atoms with Gasteiger partial charge in [-0.05, 0) is 41.5 Å². The zero-order valence-corrected chi connectivity index (χ0v) is 15.8. The van der Waals surface area contributed by atoms with Gasteiger partial charge in [0.2, 0.25) is 5.91 Å². The molecule has 4 atom stereocenters. The normalized spacial score (nSPS) is 32.8. The lowest BCUT2D eigenvalue weighted by molar-refractivity contribution is -0.131. The summed E-state index contributed by atoms with van der Waals surface area (Å²) in [5.41, 5.74) is 12.0. The molecule has 8 nitrogen and oxygen atoms in total. The quantitative estimate of drug-likeness (QED) is 0.557. The number of amides is 2. The standard InChI is InChI=1S/C20H25N5O3/c1-22-18(26)16-7-20(19(21)27,17-13-9-28-10-14(13)17)25(24-16)8-11-3-2-4-15-12(11)5-6-23-15/h2-4,7,13-14,17,23-24H,5-6,8-10H2,1H3,(H2,21,27)(H,22,26)/t13-,14+,17?,20?. The highest BCUT2D eigenvalue weighted by Crippen LogP contribution is 2.59. The molecule has 0 radical (unpaired) electrons. The first-order valence-electron chi connectivity index (χ1n) is 9.77. The molecule has 3 heterocycles. The zero-order valence-electron chi connectivity index (χ0n) is 15.8.